The third kappa shape index (κ3) is 4.64. The molecule has 3 nitrogen and oxygen atoms in total. The van der Waals surface area contributed by atoms with Crippen LogP contribution < -0.4 is 10.6 Å². The van der Waals surface area contributed by atoms with Gasteiger partial charge in [-0.05, 0) is 37.9 Å². The maximum atomic E-state index is 8.79. The van der Waals surface area contributed by atoms with E-state index in [0.717, 1.165) is 38.9 Å². The third-order valence-corrected chi connectivity index (χ3v) is 2.59. The molecular formula is C13H22N2O. The molecule has 0 bridgehead atoms. The van der Waals surface area contributed by atoms with E-state index in [1.165, 1.54) is 5.69 Å². The normalized spacial score (nSPS) is 10.4. The van der Waals surface area contributed by atoms with Crippen molar-refractivity contribution in [3.63, 3.8) is 0 Å². The van der Waals surface area contributed by atoms with E-state index in [0.29, 0.717) is 0 Å². The Balaban J connectivity index is 2.49. The van der Waals surface area contributed by atoms with Gasteiger partial charge in [0.05, 0.1) is 0 Å². The molecule has 0 aliphatic rings. The summed E-state index contributed by atoms with van der Waals surface area (Å²) in [5, 5.41) is 8.79. The maximum Gasteiger partial charge on any atom is 0.0431 e. The summed E-state index contributed by atoms with van der Waals surface area (Å²) in [5.41, 5.74) is 6.79. The van der Waals surface area contributed by atoms with E-state index in [4.69, 9.17) is 10.8 Å². The minimum atomic E-state index is 0.277. The fourth-order valence-corrected chi connectivity index (χ4v) is 1.71. The van der Waals surface area contributed by atoms with Gasteiger partial charge in [-0.15, -0.1) is 0 Å². The molecule has 3 N–H and O–H groups in total. The van der Waals surface area contributed by atoms with Crippen molar-refractivity contribution in [3.8, 4) is 0 Å². The second kappa shape index (κ2) is 8.13. The predicted octanol–water partition coefficient (Wildman–Crippen LogP) is 1.61. The average molecular weight is 222 g/mol. The molecule has 90 valence electrons. The molecule has 0 fully saturated rings. The summed E-state index contributed by atoms with van der Waals surface area (Å²) < 4.78 is 0. The molecule has 0 heterocycles. The molecule has 0 unspecified atom stereocenters. The molecule has 16 heavy (non-hydrogen) atoms. The molecule has 3 heteroatoms. The number of nitrogens with two attached hydrogens (primary N) is 1. The number of benzene rings is 1. The Morgan fingerprint density at radius 3 is 2.31 bits per heavy atom. The number of nitrogens with zero attached hydrogens (tertiary/aromatic N) is 1. The van der Waals surface area contributed by atoms with Gasteiger partial charge in [0.1, 0.15) is 0 Å². The fourth-order valence-electron chi connectivity index (χ4n) is 1.71. The van der Waals surface area contributed by atoms with E-state index in [-0.39, 0.29) is 6.61 Å². The van der Waals surface area contributed by atoms with Gasteiger partial charge >= 0.3 is 0 Å². The zero-order valence-electron chi connectivity index (χ0n) is 9.81. The first-order chi connectivity index (χ1) is 7.88. The van der Waals surface area contributed by atoms with Gasteiger partial charge in [0.25, 0.3) is 0 Å². The third-order valence-electron chi connectivity index (χ3n) is 2.59. The lowest BCUT2D eigenvalue weighted by molar-refractivity contribution is 0.285. The highest BCUT2D eigenvalue weighted by Crippen LogP contribution is 2.14. The van der Waals surface area contributed by atoms with Crippen LogP contribution in [0.4, 0.5) is 5.69 Å². The van der Waals surface area contributed by atoms with Gasteiger partial charge in [0, 0.05) is 25.4 Å². The number of anilines is 1. The molecule has 0 aliphatic heterocycles. The van der Waals surface area contributed by atoms with Crippen LogP contribution in [0, 0.1) is 0 Å². The number of rotatable bonds is 8. The average Bonchev–Trinajstić information content (AvgIpc) is 2.35. The van der Waals surface area contributed by atoms with Crippen LogP contribution >= 0.6 is 0 Å². The lowest BCUT2D eigenvalue weighted by Crippen LogP contribution is -2.27. The van der Waals surface area contributed by atoms with Crippen LogP contribution in [-0.2, 0) is 0 Å². The van der Waals surface area contributed by atoms with Crippen molar-refractivity contribution in [3.05, 3.63) is 30.3 Å². The Morgan fingerprint density at radius 2 is 1.69 bits per heavy atom. The molecule has 1 aromatic carbocycles. The van der Waals surface area contributed by atoms with Crippen LogP contribution in [0.5, 0.6) is 0 Å². The van der Waals surface area contributed by atoms with Gasteiger partial charge in [0.2, 0.25) is 0 Å². The van der Waals surface area contributed by atoms with Crippen molar-refractivity contribution in [1.82, 2.24) is 0 Å². The summed E-state index contributed by atoms with van der Waals surface area (Å²) in [4.78, 5) is 2.34. The van der Waals surface area contributed by atoms with Crippen molar-refractivity contribution >= 4 is 5.69 Å². The van der Waals surface area contributed by atoms with Gasteiger partial charge < -0.3 is 15.7 Å². The minimum absolute atomic E-state index is 0.277. The standard InChI is InChI=1S/C13H22N2O/c14-9-6-11-15(10-4-5-12-16)13-7-2-1-3-8-13/h1-3,7-8,16H,4-6,9-12,14H2. The van der Waals surface area contributed by atoms with E-state index >= 15 is 0 Å². The monoisotopic (exact) mass is 222 g/mol. The number of hydrogen-bond acceptors (Lipinski definition) is 3. The minimum Gasteiger partial charge on any atom is -0.396 e. The first-order valence-corrected chi connectivity index (χ1v) is 5.99. The Hall–Kier alpha value is -1.06. The zero-order chi connectivity index (χ0) is 11.6. The molecule has 1 rings (SSSR count). The van der Waals surface area contributed by atoms with Gasteiger partial charge in [-0.3, -0.25) is 0 Å². The summed E-state index contributed by atoms with van der Waals surface area (Å²) in [6, 6.07) is 10.4. The first-order valence-electron chi connectivity index (χ1n) is 5.99. The molecule has 0 aliphatic carbocycles. The van der Waals surface area contributed by atoms with Crippen LogP contribution in [0.3, 0.4) is 0 Å². The molecule has 0 amide bonds. The summed E-state index contributed by atoms with van der Waals surface area (Å²) in [5.74, 6) is 0. The molecule has 0 spiro atoms. The van der Waals surface area contributed by atoms with Crippen molar-refractivity contribution in [2.24, 2.45) is 5.73 Å². The van der Waals surface area contributed by atoms with E-state index in [1.54, 1.807) is 0 Å². The molecule has 0 saturated heterocycles. The van der Waals surface area contributed by atoms with Crippen molar-refractivity contribution in [2.75, 3.05) is 31.1 Å². The summed E-state index contributed by atoms with van der Waals surface area (Å²) in [6.07, 6.45) is 2.90. The van der Waals surface area contributed by atoms with Crippen LogP contribution in [0.1, 0.15) is 19.3 Å². The lowest BCUT2D eigenvalue weighted by Gasteiger charge is -2.24. The topological polar surface area (TPSA) is 49.5 Å². The first kappa shape index (κ1) is 13.0. The van der Waals surface area contributed by atoms with Crippen molar-refractivity contribution in [2.45, 2.75) is 19.3 Å². The van der Waals surface area contributed by atoms with Crippen molar-refractivity contribution in [1.29, 1.82) is 0 Å². The smallest absolute Gasteiger partial charge is 0.0431 e. The Bertz CT molecular complexity index is 264. The molecular weight excluding hydrogens is 200 g/mol. The van der Waals surface area contributed by atoms with E-state index < -0.39 is 0 Å². The Labute approximate surface area is 97.9 Å². The van der Waals surface area contributed by atoms with Gasteiger partial charge in [-0.2, -0.15) is 0 Å². The maximum absolute atomic E-state index is 8.79. The number of hydrogen-bond donors (Lipinski definition) is 2. The largest absolute Gasteiger partial charge is 0.396 e. The van der Waals surface area contributed by atoms with E-state index in [9.17, 15) is 0 Å². The van der Waals surface area contributed by atoms with Gasteiger partial charge in [-0.25, -0.2) is 0 Å². The predicted molar refractivity (Wildman–Crippen MR) is 68.6 cm³/mol. The number of para-hydroxylation sites is 1. The highest BCUT2D eigenvalue weighted by Gasteiger charge is 2.04. The highest BCUT2D eigenvalue weighted by atomic mass is 16.2. The molecule has 0 atom stereocenters. The van der Waals surface area contributed by atoms with E-state index in [2.05, 4.69) is 29.2 Å². The van der Waals surface area contributed by atoms with Crippen LogP contribution in [0.15, 0.2) is 30.3 Å². The highest BCUT2D eigenvalue weighted by molar-refractivity contribution is 5.45. The number of aliphatic hydroxyl groups excluding tert-OH is 1. The lowest BCUT2D eigenvalue weighted by atomic mass is 10.2. The van der Waals surface area contributed by atoms with Crippen LogP contribution in [0.25, 0.3) is 0 Å². The number of unbranched alkanes of at least 4 members (excludes halogenated alkanes) is 1. The van der Waals surface area contributed by atoms with Crippen LogP contribution in [0.2, 0.25) is 0 Å². The quantitative estimate of drug-likeness (QED) is 0.657. The van der Waals surface area contributed by atoms with Gasteiger partial charge in [0.15, 0.2) is 0 Å². The summed E-state index contributed by atoms with van der Waals surface area (Å²) in [7, 11) is 0. The molecule has 1 aromatic rings. The Kier molecular flexibility index (Phi) is 6.61. The van der Waals surface area contributed by atoms with E-state index in [1.807, 2.05) is 6.07 Å². The van der Waals surface area contributed by atoms with Crippen LogP contribution in [-0.4, -0.2) is 31.3 Å². The SMILES string of the molecule is NCCCN(CCCCO)c1ccccc1. The van der Waals surface area contributed by atoms with Crippen molar-refractivity contribution < 1.29 is 5.11 Å². The molecule has 0 radical (unpaired) electrons. The zero-order valence-corrected chi connectivity index (χ0v) is 9.81. The summed E-state index contributed by atoms with van der Waals surface area (Å²) in [6.45, 7) is 2.99. The second-order valence-electron chi connectivity index (χ2n) is 3.90. The number of aliphatic hydroxyl groups is 1. The Morgan fingerprint density at radius 1 is 1.00 bits per heavy atom. The fraction of sp³-hybridized carbons (Fsp3) is 0.538. The second-order valence-corrected chi connectivity index (χ2v) is 3.90. The molecule has 0 aromatic heterocycles. The summed E-state index contributed by atoms with van der Waals surface area (Å²) >= 11 is 0. The molecule has 0 saturated carbocycles. The van der Waals surface area contributed by atoms with Gasteiger partial charge in [-0.1, -0.05) is 18.2 Å².